The predicted molar refractivity (Wildman–Crippen MR) is 59.8 cm³/mol. The highest BCUT2D eigenvalue weighted by molar-refractivity contribution is 7.99. The number of hydrogen-bond acceptors (Lipinski definition) is 3. The second-order valence-electron chi connectivity index (χ2n) is 3.82. The molecule has 3 nitrogen and oxygen atoms in total. The molecule has 0 aromatic rings. The summed E-state index contributed by atoms with van der Waals surface area (Å²) in [4.78, 5) is 13.2. The van der Waals surface area contributed by atoms with Crippen molar-refractivity contribution >= 4 is 17.7 Å². The van der Waals surface area contributed by atoms with Crippen LogP contribution in [0.15, 0.2) is 0 Å². The Morgan fingerprint density at radius 2 is 2.43 bits per heavy atom. The summed E-state index contributed by atoms with van der Waals surface area (Å²) in [6.45, 7) is 6.05. The molecule has 1 aliphatic rings. The molecule has 2 atom stereocenters. The molecule has 0 aromatic heterocycles. The van der Waals surface area contributed by atoms with E-state index in [2.05, 4.69) is 11.8 Å². The number of carboxylic acids is 1. The highest BCUT2D eigenvalue weighted by Crippen LogP contribution is 2.21. The molecule has 0 amide bonds. The molecule has 0 aliphatic carbocycles. The van der Waals surface area contributed by atoms with Gasteiger partial charge in [0.2, 0.25) is 0 Å². The van der Waals surface area contributed by atoms with E-state index in [0.29, 0.717) is 5.25 Å². The van der Waals surface area contributed by atoms with Gasteiger partial charge in [0.1, 0.15) is 6.04 Å². The second kappa shape index (κ2) is 5.61. The number of nitrogens with zero attached hydrogens (tertiary/aromatic N) is 1. The molecule has 2 unspecified atom stereocenters. The largest absolute Gasteiger partial charge is 0.480 e. The van der Waals surface area contributed by atoms with E-state index in [9.17, 15) is 4.79 Å². The average molecular weight is 217 g/mol. The number of thioether (sulfide) groups is 1. The molecule has 1 fully saturated rings. The molecule has 14 heavy (non-hydrogen) atoms. The Labute approximate surface area is 89.9 Å². The van der Waals surface area contributed by atoms with Crippen LogP contribution >= 0.6 is 11.8 Å². The fraction of sp³-hybridized carbons (Fsp3) is 0.900. The van der Waals surface area contributed by atoms with Crippen molar-refractivity contribution in [3.05, 3.63) is 0 Å². The van der Waals surface area contributed by atoms with E-state index in [4.69, 9.17) is 5.11 Å². The SMILES string of the molecule is CCCC(C(=O)O)N1CCSC(C)C1. The van der Waals surface area contributed by atoms with Gasteiger partial charge in [0.25, 0.3) is 0 Å². The number of aliphatic carboxylic acids is 1. The van der Waals surface area contributed by atoms with Gasteiger partial charge in [-0.3, -0.25) is 9.69 Å². The minimum absolute atomic E-state index is 0.261. The Morgan fingerprint density at radius 3 is 2.93 bits per heavy atom. The third kappa shape index (κ3) is 3.17. The Bertz CT molecular complexity index is 199. The van der Waals surface area contributed by atoms with Crippen LogP contribution in [0.25, 0.3) is 0 Å². The molecule has 0 radical (unpaired) electrons. The summed E-state index contributed by atoms with van der Waals surface area (Å²) in [5, 5.41) is 9.67. The summed E-state index contributed by atoms with van der Waals surface area (Å²) in [7, 11) is 0. The highest BCUT2D eigenvalue weighted by Gasteiger charge is 2.28. The van der Waals surface area contributed by atoms with Crippen LogP contribution in [0.4, 0.5) is 0 Å². The van der Waals surface area contributed by atoms with Crippen LogP contribution < -0.4 is 0 Å². The molecule has 1 rings (SSSR count). The first kappa shape index (κ1) is 11.9. The molecule has 0 spiro atoms. The number of carbonyl (C=O) groups is 1. The van der Waals surface area contributed by atoms with Crippen LogP contribution in [0, 0.1) is 0 Å². The van der Waals surface area contributed by atoms with Crippen LogP contribution in [0.2, 0.25) is 0 Å². The fourth-order valence-electron chi connectivity index (χ4n) is 1.86. The van der Waals surface area contributed by atoms with Gasteiger partial charge in [0.05, 0.1) is 0 Å². The predicted octanol–water partition coefficient (Wildman–Crippen LogP) is 1.68. The zero-order valence-corrected chi connectivity index (χ0v) is 9.72. The van der Waals surface area contributed by atoms with Gasteiger partial charge in [-0.2, -0.15) is 11.8 Å². The Morgan fingerprint density at radius 1 is 1.71 bits per heavy atom. The van der Waals surface area contributed by atoms with Crippen molar-refractivity contribution in [1.29, 1.82) is 0 Å². The molecule has 0 aromatic carbocycles. The zero-order valence-electron chi connectivity index (χ0n) is 8.90. The van der Waals surface area contributed by atoms with Crippen molar-refractivity contribution in [2.24, 2.45) is 0 Å². The minimum Gasteiger partial charge on any atom is -0.480 e. The minimum atomic E-state index is -0.661. The van der Waals surface area contributed by atoms with Gasteiger partial charge in [-0.15, -0.1) is 0 Å². The molecule has 1 saturated heterocycles. The third-order valence-corrected chi connectivity index (χ3v) is 3.70. The van der Waals surface area contributed by atoms with Gasteiger partial charge in [0, 0.05) is 24.1 Å². The summed E-state index contributed by atoms with van der Waals surface area (Å²) in [6.07, 6.45) is 1.71. The fourth-order valence-corrected chi connectivity index (χ4v) is 2.90. The van der Waals surface area contributed by atoms with Crippen molar-refractivity contribution in [3.8, 4) is 0 Å². The van der Waals surface area contributed by atoms with E-state index in [0.717, 1.165) is 31.7 Å². The standard InChI is InChI=1S/C10H19NO2S/c1-3-4-9(10(12)13)11-5-6-14-8(2)7-11/h8-9H,3-7H2,1-2H3,(H,12,13). The van der Waals surface area contributed by atoms with Gasteiger partial charge in [0.15, 0.2) is 0 Å². The summed E-state index contributed by atoms with van der Waals surface area (Å²) in [5.41, 5.74) is 0. The smallest absolute Gasteiger partial charge is 0.320 e. The van der Waals surface area contributed by atoms with Crippen molar-refractivity contribution in [2.45, 2.75) is 38.0 Å². The summed E-state index contributed by atoms with van der Waals surface area (Å²) in [5.74, 6) is 0.403. The maximum absolute atomic E-state index is 11.0. The monoisotopic (exact) mass is 217 g/mol. The first-order valence-corrected chi connectivity index (χ1v) is 6.28. The van der Waals surface area contributed by atoms with Gasteiger partial charge < -0.3 is 5.11 Å². The maximum Gasteiger partial charge on any atom is 0.320 e. The summed E-state index contributed by atoms with van der Waals surface area (Å²) in [6, 6.07) is -0.261. The maximum atomic E-state index is 11.0. The molecule has 0 saturated carbocycles. The number of carboxylic acid groups (broad SMARTS) is 1. The van der Waals surface area contributed by atoms with Gasteiger partial charge in [-0.05, 0) is 6.42 Å². The number of rotatable bonds is 4. The van der Waals surface area contributed by atoms with Crippen molar-refractivity contribution in [3.63, 3.8) is 0 Å². The van der Waals surface area contributed by atoms with E-state index >= 15 is 0 Å². The molecule has 4 heteroatoms. The van der Waals surface area contributed by atoms with Crippen LogP contribution in [-0.4, -0.2) is 46.1 Å². The Balaban J connectivity index is 2.53. The van der Waals surface area contributed by atoms with Gasteiger partial charge >= 0.3 is 5.97 Å². The Kier molecular flexibility index (Phi) is 4.75. The molecular formula is C10H19NO2S. The lowest BCUT2D eigenvalue weighted by Crippen LogP contribution is -2.47. The van der Waals surface area contributed by atoms with Gasteiger partial charge in [-0.25, -0.2) is 0 Å². The summed E-state index contributed by atoms with van der Waals surface area (Å²) < 4.78 is 0. The highest BCUT2D eigenvalue weighted by atomic mass is 32.2. The van der Waals surface area contributed by atoms with Crippen LogP contribution in [-0.2, 0) is 4.79 Å². The second-order valence-corrected chi connectivity index (χ2v) is 5.37. The van der Waals surface area contributed by atoms with E-state index < -0.39 is 5.97 Å². The quantitative estimate of drug-likeness (QED) is 0.778. The van der Waals surface area contributed by atoms with Crippen molar-refractivity contribution < 1.29 is 9.90 Å². The lowest BCUT2D eigenvalue weighted by atomic mass is 10.1. The molecule has 82 valence electrons. The van der Waals surface area contributed by atoms with E-state index in [1.165, 1.54) is 0 Å². The van der Waals surface area contributed by atoms with Crippen LogP contribution in [0.3, 0.4) is 0 Å². The van der Waals surface area contributed by atoms with E-state index in [1.54, 1.807) is 0 Å². The first-order chi connectivity index (χ1) is 6.65. The average Bonchev–Trinajstić information content (AvgIpc) is 2.13. The third-order valence-electron chi connectivity index (χ3n) is 2.56. The van der Waals surface area contributed by atoms with E-state index in [1.807, 2.05) is 18.7 Å². The topological polar surface area (TPSA) is 40.5 Å². The van der Waals surface area contributed by atoms with Crippen LogP contribution in [0.1, 0.15) is 26.7 Å². The normalized spacial score (nSPS) is 26.0. The van der Waals surface area contributed by atoms with Crippen molar-refractivity contribution in [2.75, 3.05) is 18.8 Å². The first-order valence-electron chi connectivity index (χ1n) is 5.23. The molecule has 1 N–H and O–H groups in total. The lowest BCUT2D eigenvalue weighted by Gasteiger charge is -2.34. The molecule has 1 aliphatic heterocycles. The van der Waals surface area contributed by atoms with E-state index in [-0.39, 0.29) is 6.04 Å². The van der Waals surface area contributed by atoms with Crippen molar-refractivity contribution in [1.82, 2.24) is 4.90 Å². The summed E-state index contributed by atoms with van der Waals surface area (Å²) >= 11 is 1.93. The molecular weight excluding hydrogens is 198 g/mol. The van der Waals surface area contributed by atoms with Gasteiger partial charge in [-0.1, -0.05) is 20.3 Å². The molecule has 0 bridgehead atoms. The molecule has 1 heterocycles. The lowest BCUT2D eigenvalue weighted by molar-refractivity contribution is -0.143. The Hall–Kier alpha value is -0.220. The van der Waals surface area contributed by atoms with Crippen LogP contribution in [0.5, 0.6) is 0 Å². The zero-order chi connectivity index (χ0) is 10.6. The number of hydrogen-bond donors (Lipinski definition) is 1.